The van der Waals surface area contributed by atoms with E-state index in [9.17, 15) is 4.39 Å². The summed E-state index contributed by atoms with van der Waals surface area (Å²) in [7, 11) is 0. The molecule has 1 heterocycles. The monoisotopic (exact) mass is 241 g/mol. The molecule has 1 aromatic carbocycles. The van der Waals surface area contributed by atoms with Crippen LogP contribution in [0.1, 0.15) is 19.4 Å². The summed E-state index contributed by atoms with van der Waals surface area (Å²) < 4.78 is 18.5. The van der Waals surface area contributed by atoms with Crippen LogP contribution in [0, 0.1) is 5.82 Å². The van der Waals surface area contributed by atoms with Gasteiger partial charge in [-0.3, -0.25) is 0 Å². The number of halogens is 2. The number of fused-ring (bicyclic) bond motifs is 1. The first kappa shape index (κ1) is 11.4. The van der Waals surface area contributed by atoms with Crippen LogP contribution in [-0.2, 0) is 6.54 Å². The molecule has 16 heavy (non-hydrogen) atoms. The van der Waals surface area contributed by atoms with E-state index in [4.69, 9.17) is 16.0 Å². The second-order valence-electron chi connectivity index (χ2n) is 4.06. The van der Waals surface area contributed by atoms with Gasteiger partial charge in [0, 0.05) is 23.5 Å². The first-order valence-corrected chi connectivity index (χ1v) is 5.54. The number of furan rings is 1. The van der Waals surface area contributed by atoms with Gasteiger partial charge in [-0.1, -0.05) is 25.4 Å². The molecule has 0 fully saturated rings. The van der Waals surface area contributed by atoms with Crippen LogP contribution in [0.4, 0.5) is 4.39 Å². The zero-order valence-corrected chi connectivity index (χ0v) is 9.94. The molecule has 0 spiro atoms. The maximum atomic E-state index is 13.2. The van der Waals surface area contributed by atoms with Gasteiger partial charge in [-0.15, -0.1) is 0 Å². The molecular weight excluding hydrogens is 229 g/mol. The van der Waals surface area contributed by atoms with Crippen molar-refractivity contribution in [3.8, 4) is 0 Å². The smallest absolute Gasteiger partial charge is 0.152 e. The van der Waals surface area contributed by atoms with Gasteiger partial charge in [-0.2, -0.15) is 0 Å². The molecule has 0 saturated carbocycles. The standard InChI is InChI=1S/C12H13ClFNO/c1-7(2)15-5-8-6-16-12-10(8)3-9(14)4-11(12)13/h3-4,6-7,15H,5H2,1-2H3. The fourth-order valence-corrected chi connectivity index (χ4v) is 1.81. The molecule has 0 amide bonds. The molecule has 0 radical (unpaired) electrons. The summed E-state index contributed by atoms with van der Waals surface area (Å²) in [5.41, 5.74) is 1.47. The molecule has 0 aliphatic carbocycles. The average molecular weight is 242 g/mol. The van der Waals surface area contributed by atoms with Crippen molar-refractivity contribution in [2.24, 2.45) is 0 Å². The molecule has 2 aromatic rings. The molecule has 2 nitrogen and oxygen atoms in total. The average Bonchev–Trinajstić information content (AvgIpc) is 2.58. The van der Waals surface area contributed by atoms with Crippen molar-refractivity contribution in [3.63, 3.8) is 0 Å². The van der Waals surface area contributed by atoms with Crippen molar-refractivity contribution >= 4 is 22.6 Å². The number of benzene rings is 1. The normalized spacial score (nSPS) is 11.6. The molecule has 0 aliphatic rings. The van der Waals surface area contributed by atoms with E-state index in [1.807, 2.05) is 0 Å². The molecule has 0 saturated heterocycles. The van der Waals surface area contributed by atoms with E-state index < -0.39 is 0 Å². The summed E-state index contributed by atoms with van der Waals surface area (Å²) in [6.45, 7) is 4.75. The van der Waals surface area contributed by atoms with Crippen LogP contribution in [0.3, 0.4) is 0 Å². The summed E-state index contributed by atoms with van der Waals surface area (Å²) in [6, 6.07) is 3.07. The molecular formula is C12H13ClFNO. The lowest BCUT2D eigenvalue weighted by molar-refractivity contribution is 0.572. The van der Waals surface area contributed by atoms with Crippen molar-refractivity contribution in [3.05, 3.63) is 34.8 Å². The van der Waals surface area contributed by atoms with Crippen LogP contribution in [-0.4, -0.2) is 6.04 Å². The highest BCUT2D eigenvalue weighted by atomic mass is 35.5. The summed E-state index contributed by atoms with van der Waals surface area (Å²) >= 11 is 5.88. The van der Waals surface area contributed by atoms with Crippen LogP contribution in [0.5, 0.6) is 0 Å². The molecule has 0 unspecified atom stereocenters. The fraction of sp³-hybridized carbons (Fsp3) is 0.333. The molecule has 0 atom stereocenters. The maximum absolute atomic E-state index is 13.2. The zero-order valence-electron chi connectivity index (χ0n) is 9.18. The Morgan fingerprint density at radius 1 is 1.44 bits per heavy atom. The molecule has 1 aromatic heterocycles. The quantitative estimate of drug-likeness (QED) is 0.886. The third-order valence-electron chi connectivity index (χ3n) is 2.37. The van der Waals surface area contributed by atoms with E-state index in [1.165, 1.54) is 12.1 Å². The highest BCUT2D eigenvalue weighted by Crippen LogP contribution is 2.29. The van der Waals surface area contributed by atoms with Gasteiger partial charge in [0.15, 0.2) is 5.58 Å². The van der Waals surface area contributed by atoms with E-state index in [0.29, 0.717) is 23.2 Å². The second-order valence-corrected chi connectivity index (χ2v) is 4.47. The number of hydrogen-bond acceptors (Lipinski definition) is 2. The van der Waals surface area contributed by atoms with Crippen molar-refractivity contribution in [2.45, 2.75) is 26.4 Å². The Balaban J connectivity index is 2.40. The Morgan fingerprint density at radius 3 is 2.88 bits per heavy atom. The lowest BCUT2D eigenvalue weighted by Crippen LogP contribution is -2.21. The van der Waals surface area contributed by atoms with Gasteiger partial charge in [0.05, 0.1) is 11.3 Å². The minimum atomic E-state index is -0.343. The van der Waals surface area contributed by atoms with Crippen LogP contribution in [0.15, 0.2) is 22.8 Å². The predicted octanol–water partition coefficient (Wildman–Crippen LogP) is 3.72. The van der Waals surface area contributed by atoms with Gasteiger partial charge in [0.1, 0.15) is 5.82 Å². The third-order valence-corrected chi connectivity index (χ3v) is 2.65. The SMILES string of the molecule is CC(C)NCc1coc2c(Cl)cc(F)cc12. The van der Waals surface area contributed by atoms with Crippen molar-refractivity contribution in [1.82, 2.24) is 5.32 Å². The minimum Gasteiger partial charge on any atom is -0.462 e. The lowest BCUT2D eigenvalue weighted by Gasteiger charge is -2.06. The number of rotatable bonds is 3. The first-order chi connectivity index (χ1) is 7.58. The molecule has 86 valence electrons. The third kappa shape index (κ3) is 2.20. The van der Waals surface area contributed by atoms with Gasteiger partial charge in [0.25, 0.3) is 0 Å². The zero-order chi connectivity index (χ0) is 11.7. The Kier molecular flexibility index (Phi) is 3.17. The molecule has 0 aliphatic heterocycles. The number of nitrogens with one attached hydrogen (secondary N) is 1. The van der Waals surface area contributed by atoms with Crippen molar-refractivity contribution in [1.29, 1.82) is 0 Å². The van der Waals surface area contributed by atoms with Crippen molar-refractivity contribution in [2.75, 3.05) is 0 Å². The van der Waals surface area contributed by atoms with E-state index in [0.717, 1.165) is 10.9 Å². The first-order valence-electron chi connectivity index (χ1n) is 5.16. The van der Waals surface area contributed by atoms with Gasteiger partial charge < -0.3 is 9.73 Å². The highest BCUT2D eigenvalue weighted by Gasteiger charge is 2.11. The summed E-state index contributed by atoms with van der Waals surface area (Å²) in [5.74, 6) is -0.343. The topological polar surface area (TPSA) is 25.2 Å². The lowest BCUT2D eigenvalue weighted by atomic mass is 10.1. The summed E-state index contributed by atoms with van der Waals surface area (Å²) in [5, 5.41) is 4.30. The van der Waals surface area contributed by atoms with Gasteiger partial charge in [-0.05, 0) is 12.1 Å². The highest BCUT2D eigenvalue weighted by molar-refractivity contribution is 6.34. The van der Waals surface area contributed by atoms with E-state index >= 15 is 0 Å². The molecule has 0 bridgehead atoms. The van der Waals surface area contributed by atoms with Crippen LogP contribution >= 0.6 is 11.6 Å². The largest absolute Gasteiger partial charge is 0.462 e. The summed E-state index contributed by atoms with van der Waals surface area (Å²) in [6.07, 6.45) is 1.62. The Morgan fingerprint density at radius 2 is 2.19 bits per heavy atom. The molecule has 2 rings (SSSR count). The molecule has 1 N–H and O–H groups in total. The Bertz CT molecular complexity index is 507. The summed E-state index contributed by atoms with van der Waals surface area (Å²) in [4.78, 5) is 0. The predicted molar refractivity (Wildman–Crippen MR) is 63.2 cm³/mol. The fourth-order valence-electron chi connectivity index (χ4n) is 1.56. The second kappa shape index (κ2) is 4.44. The van der Waals surface area contributed by atoms with Crippen LogP contribution in [0.25, 0.3) is 11.0 Å². The minimum absolute atomic E-state index is 0.311. The van der Waals surface area contributed by atoms with Crippen LogP contribution in [0.2, 0.25) is 5.02 Å². The van der Waals surface area contributed by atoms with E-state index in [1.54, 1.807) is 6.26 Å². The molecule has 4 heteroatoms. The number of hydrogen-bond donors (Lipinski definition) is 1. The van der Waals surface area contributed by atoms with Crippen LogP contribution < -0.4 is 5.32 Å². The maximum Gasteiger partial charge on any atom is 0.152 e. The van der Waals surface area contributed by atoms with Gasteiger partial charge >= 0.3 is 0 Å². The van der Waals surface area contributed by atoms with E-state index in [2.05, 4.69) is 19.2 Å². The Labute approximate surface area is 98.4 Å². The Hall–Kier alpha value is -1.06. The van der Waals surface area contributed by atoms with Crippen molar-refractivity contribution < 1.29 is 8.81 Å². The van der Waals surface area contributed by atoms with E-state index in [-0.39, 0.29) is 5.82 Å². The van der Waals surface area contributed by atoms with Gasteiger partial charge in [-0.25, -0.2) is 4.39 Å². The van der Waals surface area contributed by atoms with Gasteiger partial charge in [0.2, 0.25) is 0 Å².